The van der Waals surface area contributed by atoms with E-state index in [0.717, 1.165) is 38.0 Å². The lowest BCUT2D eigenvalue weighted by Gasteiger charge is -2.06. The van der Waals surface area contributed by atoms with Crippen LogP contribution in [-0.2, 0) is 11.2 Å². The number of carbonyl (C=O) groups is 1. The van der Waals surface area contributed by atoms with Crippen molar-refractivity contribution in [2.45, 2.75) is 39.0 Å². The average Bonchev–Trinajstić information content (AvgIpc) is 2.43. The molecule has 1 aromatic carbocycles. The molecule has 0 saturated carbocycles. The first-order valence-corrected chi connectivity index (χ1v) is 7.67. The highest BCUT2D eigenvalue weighted by Crippen LogP contribution is 2.13. The molecule has 0 amide bonds. The first kappa shape index (κ1) is 15.2. The van der Waals surface area contributed by atoms with Crippen LogP contribution in [0.5, 0.6) is 5.75 Å². The number of rotatable bonds is 9. The van der Waals surface area contributed by atoms with Gasteiger partial charge in [0, 0.05) is 6.42 Å². The van der Waals surface area contributed by atoms with Crippen LogP contribution in [0.15, 0.2) is 24.3 Å². The SMILES string of the molecule is CCc1ccc(OCCCCCC(=O)CBr)cc1. The second-order valence-corrected chi connectivity index (χ2v) is 4.89. The van der Waals surface area contributed by atoms with Gasteiger partial charge in [0.15, 0.2) is 0 Å². The highest BCUT2D eigenvalue weighted by molar-refractivity contribution is 9.09. The van der Waals surface area contributed by atoms with Crippen LogP contribution in [0.4, 0.5) is 0 Å². The maximum Gasteiger partial charge on any atom is 0.143 e. The third kappa shape index (κ3) is 6.20. The molecule has 0 atom stereocenters. The number of alkyl halides is 1. The van der Waals surface area contributed by atoms with Gasteiger partial charge in [-0.25, -0.2) is 0 Å². The van der Waals surface area contributed by atoms with Crippen molar-refractivity contribution in [2.24, 2.45) is 0 Å². The van der Waals surface area contributed by atoms with E-state index in [4.69, 9.17) is 4.74 Å². The molecule has 0 aromatic heterocycles. The minimum atomic E-state index is 0.283. The van der Waals surface area contributed by atoms with Crippen molar-refractivity contribution < 1.29 is 9.53 Å². The molecule has 1 rings (SSSR count). The molecular formula is C15H21BrO2. The number of unbranched alkanes of at least 4 members (excludes halogenated alkanes) is 2. The molecule has 0 bridgehead atoms. The first-order valence-electron chi connectivity index (χ1n) is 6.55. The van der Waals surface area contributed by atoms with E-state index in [9.17, 15) is 4.79 Å². The summed E-state index contributed by atoms with van der Waals surface area (Å²) in [4.78, 5) is 11.0. The fourth-order valence-electron chi connectivity index (χ4n) is 1.68. The molecule has 0 fully saturated rings. The molecular weight excluding hydrogens is 292 g/mol. The Hall–Kier alpha value is -0.830. The third-order valence-electron chi connectivity index (χ3n) is 2.85. The first-order chi connectivity index (χ1) is 8.76. The van der Waals surface area contributed by atoms with Crippen LogP contribution in [0.2, 0.25) is 0 Å². The molecule has 0 radical (unpaired) electrons. The summed E-state index contributed by atoms with van der Waals surface area (Å²) in [6.45, 7) is 2.87. The number of aryl methyl sites for hydroxylation is 1. The van der Waals surface area contributed by atoms with Gasteiger partial charge in [0.25, 0.3) is 0 Å². The highest BCUT2D eigenvalue weighted by atomic mass is 79.9. The normalized spacial score (nSPS) is 10.3. The fourth-order valence-corrected chi connectivity index (χ4v) is 1.96. The predicted octanol–water partition coefficient (Wildman–Crippen LogP) is 4.15. The van der Waals surface area contributed by atoms with Crippen LogP contribution in [0.25, 0.3) is 0 Å². The summed E-state index contributed by atoms with van der Waals surface area (Å²) in [5, 5.41) is 0.479. The Labute approximate surface area is 118 Å². The minimum absolute atomic E-state index is 0.283. The van der Waals surface area contributed by atoms with Gasteiger partial charge in [-0.15, -0.1) is 0 Å². The Balaban J connectivity index is 2.08. The van der Waals surface area contributed by atoms with Crippen LogP contribution in [0.1, 0.15) is 38.2 Å². The van der Waals surface area contributed by atoms with Crippen LogP contribution in [0.3, 0.4) is 0 Å². The standard InChI is InChI=1S/C15H21BrO2/c1-2-13-7-9-15(10-8-13)18-11-5-3-4-6-14(17)12-16/h7-10H,2-6,11-12H2,1H3. The van der Waals surface area contributed by atoms with E-state index in [1.165, 1.54) is 5.56 Å². The van der Waals surface area contributed by atoms with E-state index in [1.54, 1.807) is 0 Å². The number of carbonyl (C=O) groups excluding carboxylic acids is 1. The molecule has 0 aliphatic rings. The van der Waals surface area contributed by atoms with Gasteiger partial charge < -0.3 is 4.74 Å². The van der Waals surface area contributed by atoms with E-state index >= 15 is 0 Å². The van der Waals surface area contributed by atoms with E-state index in [2.05, 4.69) is 35.0 Å². The van der Waals surface area contributed by atoms with Gasteiger partial charge in [0.2, 0.25) is 0 Å². The summed E-state index contributed by atoms with van der Waals surface area (Å²) in [5.74, 6) is 1.22. The molecule has 100 valence electrons. The predicted molar refractivity (Wildman–Crippen MR) is 78.6 cm³/mol. The van der Waals surface area contributed by atoms with Crippen LogP contribution in [-0.4, -0.2) is 17.7 Å². The Kier molecular flexibility index (Phi) is 7.74. The molecule has 3 heteroatoms. The number of hydrogen-bond donors (Lipinski definition) is 0. The number of hydrogen-bond acceptors (Lipinski definition) is 2. The summed E-state index contributed by atoms with van der Waals surface area (Å²) >= 11 is 3.17. The monoisotopic (exact) mass is 312 g/mol. The number of ether oxygens (including phenoxy) is 1. The summed E-state index contributed by atoms with van der Waals surface area (Å²) < 4.78 is 5.64. The quantitative estimate of drug-likeness (QED) is 0.505. The zero-order chi connectivity index (χ0) is 13.2. The molecule has 0 heterocycles. The van der Waals surface area contributed by atoms with Gasteiger partial charge in [-0.05, 0) is 43.4 Å². The Morgan fingerprint density at radius 3 is 2.50 bits per heavy atom. The molecule has 0 saturated heterocycles. The van der Waals surface area contributed by atoms with Gasteiger partial charge in [-0.1, -0.05) is 35.0 Å². The summed E-state index contributed by atoms with van der Waals surface area (Å²) in [7, 11) is 0. The van der Waals surface area contributed by atoms with Crippen LogP contribution in [0, 0.1) is 0 Å². The topological polar surface area (TPSA) is 26.3 Å². The van der Waals surface area contributed by atoms with E-state index < -0.39 is 0 Å². The second kappa shape index (κ2) is 9.15. The Morgan fingerprint density at radius 1 is 1.17 bits per heavy atom. The van der Waals surface area contributed by atoms with Gasteiger partial charge in [-0.2, -0.15) is 0 Å². The molecule has 0 unspecified atom stereocenters. The zero-order valence-corrected chi connectivity index (χ0v) is 12.5. The van der Waals surface area contributed by atoms with E-state index in [0.29, 0.717) is 11.8 Å². The zero-order valence-electron chi connectivity index (χ0n) is 11.0. The van der Waals surface area contributed by atoms with Gasteiger partial charge >= 0.3 is 0 Å². The summed E-state index contributed by atoms with van der Waals surface area (Å²) in [6.07, 6.45) is 4.75. The largest absolute Gasteiger partial charge is 0.494 e. The Bertz CT molecular complexity index is 346. The number of halogens is 1. The Morgan fingerprint density at radius 2 is 1.89 bits per heavy atom. The van der Waals surface area contributed by atoms with Crippen LogP contribution >= 0.6 is 15.9 Å². The smallest absolute Gasteiger partial charge is 0.143 e. The highest BCUT2D eigenvalue weighted by Gasteiger charge is 1.99. The van der Waals surface area contributed by atoms with Crippen molar-refractivity contribution in [3.63, 3.8) is 0 Å². The maximum absolute atomic E-state index is 11.0. The van der Waals surface area contributed by atoms with Gasteiger partial charge in [0.05, 0.1) is 11.9 Å². The third-order valence-corrected chi connectivity index (χ3v) is 3.47. The number of Topliss-reactive ketones (excluding diaryl/α,β-unsaturated/α-hetero) is 1. The van der Waals surface area contributed by atoms with Crippen molar-refractivity contribution in [3.8, 4) is 5.75 Å². The molecule has 0 N–H and O–H groups in total. The maximum atomic E-state index is 11.0. The fraction of sp³-hybridized carbons (Fsp3) is 0.533. The number of ketones is 1. The lowest BCUT2D eigenvalue weighted by molar-refractivity contribution is -0.116. The van der Waals surface area contributed by atoms with Crippen molar-refractivity contribution in [2.75, 3.05) is 11.9 Å². The number of benzene rings is 1. The van der Waals surface area contributed by atoms with Gasteiger partial charge in [-0.3, -0.25) is 4.79 Å². The summed E-state index contributed by atoms with van der Waals surface area (Å²) in [5.41, 5.74) is 1.33. The lowest BCUT2D eigenvalue weighted by Crippen LogP contribution is -2.00. The lowest BCUT2D eigenvalue weighted by atomic mass is 10.1. The van der Waals surface area contributed by atoms with Gasteiger partial charge in [0.1, 0.15) is 11.5 Å². The molecule has 0 aliphatic heterocycles. The molecule has 1 aromatic rings. The van der Waals surface area contributed by atoms with E-state index in [-0.39, 0.29) is 5.78 Å². The van der Waals surface area contributed by atoms with Crippen molar-refractivity contribution >= 4 is 21.7 Å². The second-order valence-electron chi connectivity index (χ2n) is 4.33. The molecule has 0 spiro atoms. The summed E-state index contributed by atoms with van der Waals surface area (Å²) in [6, 6.07) is 8.24. The van der Waals surface area contributed by atoms with E-state index in [1.807, 2.05) is 12.1 Å². The minimum Gasteiger partial charge on any atom is -0.494 e. The molecule has 0 aliphatic carbocycles. The van der Waals surface area contributed by atoms with Crippen molar-refractivity contribution in [1.29, 1.82) is 0 Å². The molecule has 2 nitrogen and oxygen atoms in total. The van der Waals surface area contributed by atoms with Crippen molar-refractivity contribution in [1.82, 2.24) is 0 Å². The van der Waals surface area contributed by atoms with Crippen LogP contribution < -0.4 is 4.74 Å². The van der Waals surface area contributed by atoms with Crippen molar-refractivity contribution in [3.05, 3.63) is 29.8 Å². The molecule has 18 heavy (non-hydrogen) atoms. The average molecular weight is 313 g/mol.